The van der Waals surface area contributed by atoms with Crippen molar-refractivity contribution < 1.29 is 14.4 Å². The Labute approximate surface area is 207 Å². The Morgan fingerprint density at radius 2 is 1.60 bits per heavy atom. The van der Waals surface area contributed by atoms with Gasteiger partial charge in [0.25, 0.3) is 5.91 Å². The monoisotopic (exact) mass is 473 g/mol. The number of benzene rings is 2. The fraction of sp³-hybridized carbons (Fsp3) is 0.483. The van der Waals surface area contributed by atoms with Gasteiger partial charge in [-0.2, -0.15) is 0 Å². The Kier molecular flexibility index (Phi) is 6.89. The lowest BCUT2D eigenvalue weighted by Gasteiger charge is -2.37. The van der Waals surface area contributed by atoms with Crippen LogP contribution in [0.2, 0.25) is 0 Å². The van der Waals surface area contributed by atoms with Crippen LogP contribution in [-0.2, 0) is 22.7 Å². The minimum atomic E-state index is 0.0376. The van der Waals surface area contributed by atoms with Gasteiger partial charge in [-0.3, -0.25) is 14.4 Å². The van der Waals surface area contributed by atoms with Crippen molar-refractivity contribution in [2.24, 2.45) is 0 Å². The fourth-order valence-electron chi connectivity index (χ4n) is 6.03. The molecule has 6 nitrogen and oxygen atoms in total. The van der Waals surface area contributed by atoms with Crippen LogP contribution in [0.15, 0.2) is 48.5 Å². The molecule has 2 atom stereocenters. The summed E-state index contributed by atoms with van der Waals surface area (Å²) in [5.41, 5.74) is 4.01. The minimum absolute atomic E-state index is 0.0376. The first-order valence-electron chi connectivity index (χ1n) is 13.0. The smallest absolute Gasteiger partial charge is 0.254 e. The summed E-state index contributed by atoms with van der Waals surface area (Å²) in [4.78, 5) is 44.8. The molecule has 0 N–H and O–H groups in total. The third-order valence-corrected chi connectivity index (χ3v) is 7.79. The number of carbonyl (C=O) groups excluding carboxylic acids is 3. The van der Waals surface area contributed by atoms with E-state index in [9.17, 15) is 14.4 Å². The zero-order chi connectivity index (χ0) is 24.4. The number of fused-ring (bicyclic) bond motifs is 1. The van der Waals surface area contributed by atoms with Gasteiger partial charge in [0.1, 0.15) is 0 Å². The molecule has 3 saturated heterocycles. The first kappa shape index (κ1) is 23.6. The molecule has 3 heterocycles. The zero-order valence-corrected chi connectivity index (χ0v) is 20.6. The third kappa shape index (κ3) is 5.12. The maximum Gasteiger partial charge on any atom is 0.254 e. The molecule has 2 aromatic carbocycles. The van der Waals surface area contributed by atoms with Gasteiger partial charge in [-0.25, -0.2) is 0 Å². The Hall–Kier alpha value is -3.15. The third-order valence-electron chi connectivity index (χ3n) is 7.79. The number of aryl methyl sites for hydroxylation is 1. The predicted octanol–water partition coefficient (Wildman–Crippen LogP) is 4.30. The van der Waals surface area contributed by atoms with Crippen molar-refractivity contribution in [3.05, 3.63) is 70.8 Å². The van der Waals surface area contributed by atoms with E-state index in [0.717, 1.165) is 49.8 Å². The summed E-state index contributed by atoms with van der Waals surface area (Å²) >= 11 is 0. The molecule has 3 amide bonds. The summed E-state index contributed by atoms with van der Waals surface area (Å²) in [6.07, 6.45) is 5.69. The van der Waals surface area contributed by atoms with Gasteiger partial charge in [0.15, 0.2) is 0 Å². The van der Waals surface area contributed by atoms with Crippen molar-refractivity contribution >= 4 is 17.7 Å². The van der Waals surface area contributed by atoms with Crippen LogP contribution in [0, 0.1) is 6.92 Å². The van der Waals surface area contributed by atoms with Gasteiger partial charge >= 0.3 is 0 Å². The number of likely N-dealkylation sites (tertiary alicyclic amines) is 3. The topological polar surface area (TPSA) is 60.9 Å². The van der Waals surface area contributed by atoms with Crippen LogP contribution in [-0.4, -0.2) is 57.6 Å². The van der Waals surface area contributed by atoms with E-state index in [1.165, 1.54) is 5.56 Å². The summed E-state index contributed by atoms with van der Waals surface area (Å²) in [6.45, 7) is 4.69. The number of carbonyl (C=O) groups is 3. The van der Waals surface area contributed by atoms with Gasteiger partial charge in [0.2, 0.25) is 11.8 Å². The van der Waals surface area contributed by atoms with Crippen LogP contribution in [0.25, 0.3) is 0 Å². The first-order chi connectivity index (χ1) is 17.0. The molecule has 3 aliphatic rings. The normalized spacial score (nSPS) is 22.8. The Balaban J connectivity index is 1.35. The second-order valence-corrected chi connectivity index (χ2v) is 10.3. The molecule has 3 fully saturated rings. The quantitative estimate of drug-likeness (QED) is 0.650. The van der Waals surface area contributed by atoms with Crippen molar-refractivity contribution in [3.8, 4) is 0 Å². The summed E-state index contributed by atoms with van der Waals surface area (Å²) in [5, 5.41) is 0. The molecule has 184 valence electrons. The van der Waals surface area contributed by atoms with Crippen LogP contribution in [0.1, 0.15) is 72.0 Å². The second-order valence-electron chi connectivity index (χ2n) is 10.3. The minimum Gasteiger partial charge on any atom is -0.338 e. The molecule has 0 aromatic heterocycles. The molecule has 0 aliphatic carbocycles. The molecule has 6 heteroatoms. The SMILES string of the molecule is Cc1cccc(CN2C(=O)CCCC[C@H]3[C@H]2CCN3C(=O)c2cccc(CN3CCCC3=O)c2)c1. The summed E-state index contributed by atoms with van der Waals surface area (Å²) in [6, 6.07) is 16.2. The molecule has 35 heavy (non-hydrogen) atoms. The van der Waals surface area contributed by atoms with Crippen molar-refractivity contribution in [2.75, 3.05) is 13.1 Å². The van der Waals surface area contributed by atoms with Crippen molar-refractivity contribution in [3.63, 3.8) is 0 Å². The molecule has 0 saturated carbocycles. The van der Waals surface area contributed by atoms with Crippen LogP contribution in [0.5, 0.6) is 0 Å². The van der Waals surface area contributed by atoms with Crippen LogP contribution < -0.4 is 0 Å². The van der Waals surface area contributed by atoms with Gasteiger partial charge < -0.3 is 14.7 Å². The molecule has 5 rings (SSSR count). The molecule has 2 aromatic rings. The molecule has 3 aliphatic heterocycles. The lowest BCUT2D eigenvalue weighted by molar-refractivity contribution is -0.135. The number of nitrogens with zero attached hydrogens (tertiary/aromatic N) is 3. The summed E-state index contributed by atoms with van der Waals surface area (Å²) in [7, 11) is 0. The van der Waals surface area contributed by atoms with Crippen LogP contribution in [0.3, 0.4) is 0 Å². The van der Waals surface area contributed by atoms with Crippen LogP contribution in [0.4, 0.5) is 0 Å². The van der Waals surface area contributed by atoms with Gasteiger partial charge in [-0.05, 0) is 55.9 Å². The van der Waals surface area contributed by atoms with E-state index in [0.29, 0.717) is 38.0 Å². The highest BCUT2D eigenvalue weighted by Crippen LogP contribution is 2.32. The van der Waals surface area contributed by atoms with E-state index < -0.39 is 0 Å². The first-order valence-corrected chi connectivity index (χ1v) is 13.0. The molecule has 0 radical (unpaired) electrons. The standard InChI is InChI=1S/C29H35N3O3/c1-21-7-4-8-22(17-21)20-32-26-14-16-31(25(26)11-2-3-12-28(32)34)29(35)24-10-5-9-23(18-24)19-30-15-6-13-27(30)33/h4-5,7-10,17-18,25-26H,2-3,6,11-16,19-20H2,1H3/t25-,26+/m0/s1. The average Bonchev–Trinajstić information content (AvgIpc) is 3.44. The van der Waals surface area contributed by atoms with Gasteiger partial charge in [-0.15, -0.1) is 0 Å². The predicted molar refractivity (Wildman–Crippen MR) is 135 cm³/mol. The van der Waals surface area contributed by atoms with E-state index >= 15 is 0 Å². The summed E-state index contributed by atoms with van der Waals surface area (Å²) in [5.74, 6) is 0.431. The number of rotatable bonds is 5. The van der Waals surface area contributed by atoms with E-state index in [1.807, 2.05) is 45.0 Å². The lowest BCUT2D eigenvalue weighted by Crippen LogP contribution is -2.49. The van der Waals surface area contributed by atoms with E-state index in [-0.39, 0.29) is 29.8 Å². The lowest BCUT2D eigenvalue weighted by atomic mass is 9.95. The maximum absolute atomic E-state index is 13.7. The second kappa shape index (κ2) is 10.2. The van der Waals surface area contributed by atoms with Gasteiger partial charge in [0.05, 0.1) is 12.1 Å². The number of hydrogen-bond acceptors (Lipinski definition) is 3. The average molecular weight is 474 g/mol. The van der Waals surface area contributed by atoms with E-state index in [2.05, 4.69) is 25.1 Å². The fourth-order valence-corrected chi connectivity index (χ4v) is 6.03. The molecule has 0 spiro atoms. The highest BCUT2D eigenvalue weighted by molar-refractivity contribution is 5.95. The van der Waals surface area contributed by atoms with Crippen molar-refractivity contribution in [2.45, 2.75) is 77.0 Å². The number of amides is 3. The van der Waals surface area contributed by atoms with Gasteiger partial charge in [0, 0.05) is 44.6 Å². The Morgan fingerprint density at radius 3 is 2.37 bits per heavy atom. The highest BCUT2D eigenvalue weighted by Gasteiger charge is 2.42. The van der Waals surface area contributed by atoms with Crippen molar-refractivity contribution in [1.82, 2.24) is 14.7 Å². The summed E-state index contributed by atoms with van der Waals surface area (Å²) < 4.78 is 0. The Morgan fingerprint density at radius 1 is 0.829 bits per heavy atom. The van der Waals surface area contributed by atoms with Crippen LogP contribution >= 0.6 is 0 Å². The molecule has 0 bridgehead atoms. The largest absolute Gasteiger partial charge is 0.338 e. The molecular formula is C29H35N3O3. The zero-order valence-electron chi connectivity index (χ0n) is 20.6. The maximum atomic E-state index is 13.7. The molecular weight excluding hydrogens is 438 g/mol. The van der Waals surface area contributed by atoms with E-state index in [4.69, 9.17) is 0 Å². The van der Waals surface area contributed by atoms with E-state index in [1.54, 1.807) is 0 Å². The van der Waals surface area contributed by atoms with Gasteiger partial charge in [-0.1, -0.05) is 48.4 Å². The number of hydrogen-bond donors (Lipinski definition) is 0. The van der Waals surface area contributed by atoms with Crippen molar-refractivity contribution in [1.29, 1.82) is 0 Å². The molecule has 0 unspecified atom stereocenters. The highest BCUT2D eigenvalue weighted by atomic mass is 16.2. The Bertz CT molecular complexity index is 1110.